The van der Waals surface area contributed by atoms with E-state index < -0.39 is 29.9 Å². The van der Waals surface area contributed by atoms with E-state index in [0.29, 0.717) is 25.8 Å². The Kier molecular flexibility index (Phi) is 8.47. The standard InChI is InChI=1S/C11H21N3O5/c12-6-2-1-3-8(11(18)19)14-9(15)5-4-7(13)10(16)17/h7-8H,1-6,12-13H2,(H,14,15)(H,16,17)(H,18,19)/t7-,8+/m0/s1. The molecule has 110 valence electrons. The number of carboxylic acid groups (broad SMARTS) is 2. The fraction of sp³-hybridized carbons (Fsp3) is 0.727. The second-order valence-corrected chi connectivity index (χ2v) is 4.23. The molecule has 7 N–H and O–H groups in total. The molecule has 0 aromatic heterocycles. The maximum Gasteiger partial charge on any atom is 0.326 e. The van der Waals surface area contributed by atoms with Gasteiger partial charge in [-0.15, -0.1) is 0 Å². The normalized spacial score (nSPS) is 13.6. The lowest BCUT2D eigenvalue weighted by Gasteiger charge is -2.14. The minimum atomic E-state index is -1.19. The van der Waals surface area contributed by atoms with Gasteiger partial charge in [0.15, 0.2) is 0 Å². The van der Waals surface area contributed by atoms with E-state index in [2.05, 4.69) is 5.32 Å². The highest BCUT2D eigenvalue weighted by molar-refractivity contribution is 5.84. The zero-order chi connectivity index (χ0) is 14.8. The maximum absolute atomic E-state index is 11.5. The van der Waals surface area contributed by atoms with E-state index in [0.717, 1.165) is 0 Å². The molecule has 0 rings (SSSR count). The van der Waals surface area contributed by atoms with Gasteiger partial charge in [0, 0.05) is 6.42 Å². The molecule has 0 saturated carbocycles. The van der Waals surface area contributed by atoms with Crippen LogP contribution in [0.4, 0.5) is 0 Å². The van der Waals surface area contributed by atoms with Crippen LogP contribution in [-0.4, -0.2) is 46.7 Å². The van der Waals surface area contributed by atoms with Gasteiger partial charge in [0.25, 0.3) is 0 Å². The minimum absolute atomic E-state index is 0.0314. The third kappa shape index (κ3) is 8.11. The molecule has 0 aromatic carbocycles. The lowest BCUT2D eigenvalue weighted by molar-refractivity contribution is -0.142. The molecule has 0 fully saturated rings. The molecule has 1 amide bonds. The van der Waals surface area contributed by atoms with Crippen LogP contribution in [0.25, 0.3) is 0 Å². The number of carboxylic acids is 2. The molecule has 0 spiro atoms. The Morgan fingerprint density at radius 2 is 1.68 bits per heavy atom. The van der Waals surface area contributed by atoms with Crippen molar-refractivity contribution in [1.29, 1.82) is 0 Å². The van der Waals surface area contributed by atoms with Crippen LogP contribution in [0.5, 0.6) is 0 Å². The lowest BCUT2D eigenvalue weighted by Crippen LogP contribution is -2.41. The van der Waals surface area contributed by atoms with E-state index in [1.54, 1.807) is 0 Å². The molecular formula is C11H21N3O5. The lowest BCUT2D eigenvalue weighted by atomic mass is 10.1. The average molecular weight is 275 g/mol. The Morgan fingerprint density at radius 1 is 1.05 bits per heavy atom. The molecule has 0 aliphatic heterocycles. The summed E-state index contributed by atoms with van der Waals surface area (Å²) >= 11 is 0. The van der Waals surface area contributed by atoms with Crippen LogP contribution in [-0.2, 0) is 14.4 Å². The van der Waals surface area contributed by atoms with Crippen molar-refractivity contribution in [2.45, 2.75) is 44.2 Å². The molecule has 0 unspecified atom stereocenters. The second-order valence-electron chi connectivity index (χ2n) is 4.23. The van der Waals surface area contributed by atoms with Crippen molar-refractivity contribution in [1.82, 2.24) is 5.32 Å². The zero-order valence-electron chi connectivity index (χ0n) is 10.7. The fourth-order valence-corrected chi connectivity index (χ4v) is 1.43. The Hall–Kier alpha value is -1.67. The number of carbonyl (C=O) groups is 3. The number of amides is 1. The first-order valence-corrected chi connectivity index (χ1v) is 6.09. The van der Waals surface area contributed by atoms with Gasteiger partial charge in [-0.05, 0) is 32.2 Å². The van der Waals surface area contributed by atoms with Gasteiger partial charge in [0.2, 0.25) is 5.91 Å². The van der Waals surface area contributed by atoms with E-state index in [9.17, 15) is 14.4 Å². The van der Waals surface area contributed by atoms with Gasteiger partial charge in [-0.2, -0.15) is 0 Å². The monoisotopic (exact) mass is 275 g/mol. The molecule has 0 heterocycles. The van der Waals surface area contributed by atoms with Crippen molar-refractivity contribution < 1.29 is 24.6 Å². The molecule has 19 heavy (non-hydrogen) atoms. The van der Waals surface area contributed by atoms with Gasteiger partial charge in [0.05, 0.1) is 0 Å². The topological polar surface area (TPSA) is 156 Å². The third-order valence-electron chi connectivity index (χ3n) is 2.58. The van der Waals surface area contributed by atoms with E-state index >= 15 is 0 Å². The predicted molar refractivity (Wildman–Crippen MR) is 67.3 cm³/mol. The minimum Gasteiger partial charge on any atom is -0.480 e. The van der Waals surface area contributed by atoms with Crippen LogP contribution in [0.2, 0.25) is 0 Å². The highest BCUT2D eigenvalue weighted by Gasteiger charge is 2.20. The van der Waals surface area contributed by atoms with Gasteiger partial charge in [-0.25, -0.2) is 4.79 Å². The van der Waals surface area contributed by atoms with Gasteiger partial charge >= 0.3 is 11.9 Å². The van der Waals surface area contributed by atoms with E-state index in [1.165, 1.54) is 0 Å². The summed E-state index contributed by atoms with van der Waals surface area (Å²) in [7, 11) is 0. The molecular weight excluding hydrogens is 254 g/mol. The number of hydrogen-bond acceptors (Lipinski definition) is 5. The molecule has 2 atom stereocenters. The average Bonchev–Trinajstić information content (AvgIpc) is 2.34. The van der Waals surface area contributed by atoms with Crippen LogP contribution in [0.15, 0.2) is 0 Å². The highest BCUT2D eigenvalue weighted by Crippen LogP contribution is 2.02. The number of nitrogens with two attached hydrogens (primary N) is 2. The summed E-state index contributed by atoms with van der Waals surface area (Å²) in [5.74, 6) is -2.82. The summed E-state index contributed by atoms with van der Waals surface area (Å²) in [5.41, 5.74) is 10.5. The van der Waals surface area contributed by atoms with Crippen molar-refractivity contribution in [3.05, 3.63) is 0 Å². The van der Waals surface area contributed by atoms with Crippen molar-refractivity contribution in [3.8, 4) is 0 Å². The van der Waals surface area contributed by atoms with Crippen LogP contribution >= 0.6 is 0 Å². The van der Waals surface area contributed by atoms with Crippen LogP contribution in [0.1, 0.15) is 32.1 Å². The molecule has 0 saturated heterocycles. The Balaban J connectivity index is 4.09. The SMILES string of the molecule is NCCCC[C@@H](NC(=O)CC[C@H](N)C(=O)O)C(=O)O. The van der Waals surface area contributed by atoms with Crippen molar-refractivity contribution in [3.63, 3.8) is 0 Å². The van der Waals surface area contributed by atoms with E-state index in [1.807, 2.05) is 0 Å². The van der Waals surface area contributed by atoms with Crippen LogP contribution in [0.3, 0.4) is 0 Å². The van der Waals surface area contributed by atoms with Gasteiger partial charge in [0.1, 0.15) is 12.1 Å². The van der Waals surface area contributed by atoms with Gasteiger partial charge < -0.3 is 27.0 Å². The molecule has 8 nitrogen and oxygen atoms in total. The van der Waals surface area contributed by atoms with Crippen LogP contribution in [0, 0.1) is 0 Å². The Labute approximate surface area is 111 Å². The highest BCUT2D eigenvalue weighted by atomic mass is 16.4. The summed E-state index contributed by atoms with van der Waals surface area (Å²) < 4.78 is 0. The zero-order valence-corrected chi connectivity index (χ0v) is 10.7. The summed E-state index contributed by atoms with van der Waals surface area (Å²) in [5, 5.41) is 19.8. The molecule has 0 radical (unpaired) electrons. The first kappa shape index (κ1) is 17.3. The number of unbranched alkanes of at least 4 members (excludes halogenated alkanes) is 1. The number of nitrogens with one attached hydrogen (secondary N) is 1. The Bertz CT molecular complexity index is 321. The molecule has 0 aromatic rings. The summed E-state index contributed by atoms with van der Waals surface area (Å²) in [6.45, 7) is 0.466. The Morgan fingerprint density at radius 3 is 2.16 bits per heavy atom. The predicted octanol–water partition coefficient (Wildman–Crippen LogP) is -1.12. The van der Waals surface area contributed by atoms with Crippen molar-refractivity contribution in [2.24, 2.45) is 11.5 Å². The first-order chi connectivity index (χ1) is 8.88. The summed E-state index contributed by atoms with van der Waals surface area (Å²) in [6.07, 6.45) is 1.43. The molecule has 0 aliphatic rings. The molecule has 8 heteroatoms. The second kappa shape index (κ2) is 9.29. The number of hydrogen-bond donors (Lipinski definition) is 5. The fourth-order valence-electron chi connectivity index (χ4n) is 1.43. The summed E-state index contributed by atoms with van der Waals surface area (Å²) in [4.78, 5) is 32.8. The third-order valence-corrected chi connectivity index (χ3v) is 2.58. The quantitative estimate of drug-likeness (QED) is 0.316. The summed E-state index contributed by atoms with van der Waals surface area (Å²) in [6, 6.07) is -2.09. The van der Waals surface area contributed by atoms with Crippen LogP contribution < -0.4 is 16.8 Å². The first-order valence-electron chi connectivity index (χ1n) is 6.09. The molecule has 0 aliphatic carbocycles. The van der Waals surface area contributed by atoms with E-state index in [-0.39, 0.29) is 12.8 Å². The number of aliphatic carboxylic acids is 2. The smallest absolute Gasteiger partial charge is 0.326 e. The number of rotatable bonds is 10. The van der Waals surface area contributed by atoms with Crippen molar-refractivity contribution >= 4 is 17.8 Å². The molecule has 0 bridgehead atoms. The largest absolute Gasteiger partial charge is 0.480 e. The van der Waals surface area contributed by atoms with E-state index in [4.69, 9.17) is 21.7 Å². The maximum atomic E-state index is 11.5. The van der Waals surface area contributed by atoms with Crippen molar-refractivity contribution in [2.75, 3.05) is 6.54 Å². The van der Waals surface area contributed by atoms with Gasteiger partial charge in [-0.3, -0.25) is 9.59 Å². The number of carbonyl (C=O) groups excluding carboxylic acids is 1. The van der Waals surface area contributed by atoms with Gasteiger partial charge in [-0.1, -0.05) is 0 Å².